The molecule has 1 aromatic heterocycles. The van der Waals surface area contributed by atoms with E-state index in [1.165, 1.54) is 0 Å². The SMILES string of the molecule is COc1cccc(Oc2cc(N)cc(NC(=O)c3cn(-c4ccccc4)nc3-c3cccc(OC)c3)c2)c1. The molecule has 0 bridgehead atoms. The molecule has 0 saturated carbocycles. The molecule has 0 saturated heterocycles. The Kier molecular flexibility index (Phi) is 6.95. The van der Waals surface area contributed by atoms with Crippen LogP contribution in [0.1, 0.15) is 10.4 Å². The van der Waals surface area contributed by atoms with Crippen LogP contribution < -0.4 is 25.3 Å². The number of rotatable bonds is 8. The van der Waals surface area contributed by atoms with Crippen molar-refractivity contribution in [2.45, 2.75) is 0 Å². The molecule has 1 heterocycles. The molecule has 0 radical (unpaired) electrons. The third-order valence-corrected chi connectivity index (χ3v) is 5.79. The first-order chi connectivity index (χ1) is 18.5. The predicted octanol–water partition coefficient (Wildman–Crippen LogP) is 6.18. The van der Waals surface area contributed by atoms with Crippen LogP contribution in [0.25, 0.3) is 16.9 Å². The average molecular weight is 507 g/mol. The highest BCUT2D eigenvalue weighted by molar-refractivity contribution is 6.08. The van der Waals surface area contributed by atoms with Gasteiger partial charge in [0.2, 0.25) is 0 Å². The summed E-state index contributed by atoms with van der Waals surface area (Å²) >= 11 is 0. The van der Waals surface area contributed by atoms with Crippen molar-refractivity contribution in [2.24, 2.45) is 0 Å². The minimum absolute atomic E-state index is 0.345. The standard InChI is InChI=1S/C30H26N4O4/c1-36-24-11-6-8-20(14-24)29-28(19-34(33-29)23-9-4-3-5-10-23)30(35)32-22-15-21(31)16-27(17-22)38-26-13-7-12-25(18-26)37-2/h3-19H,31H2,1-2H3,(H,32,35). The number of carbonyl (C=O) groups excluding carboxylic acids is 1. The van der Waals surface area contributed by atoms with Gasteiger partial charge in [-0.15, -0.1) is 0 Å². The molecule has 0 spiro atoms. The van der Waals surface area contributed by atoms with Crippen molar-refractivity contribution in [1.82, 2.24) is 9.78 Å². The zero-order valence-corrected chi connectivity index (χ0v) is 20.9. The maximum atomic E-state index is 13.6. The van der Waals surface area contributed by atoms with Gasteiger partial charge in [-0.2, -0.15) is 5.10 Å². The zero-order valence-electron chi connectivity index (χ0n) is 20.9. The second-order valence-corrected chi connectivity index (χ2v) is 8.43. The highest BCUT2D eigenvalue weighted by Gasteiger charge is 2.20. The van der Waals surface area contributed by atoms with E-state index in [2.05, 4.69) is 5.32 Å². The molecule has 190 valence electrons. The van der Waals surface area contributed by atoms with Gasteiger partial charge < -0.3 is 25.3 Å². The van der Waals surface area contributed by atoms with Crippen LogP contribution in [0.5, 0.6) is 23.0 Å². The highest BCUT2D eigenvalue weighted by atomic mass is 16.5. The van der Waals surface area contributed by atoms with Crippen LogP contribution in [-0.4, -0.2) is 29.9 Å². The van der Waals surface area contributed by atoms with Gasteiger partial charge >= 0.3 is 0 Å². The van der Waals surface area contributed by atoms with Gasteiger partial charge in [0.15, 0.2) is 0 Å². The lowest BCUT2D eigenvalue weighted by atomic mass is 10.1. The van der Waals surface area contributed by atoms with Crippen LogP contribution in [0.2, 0.25) is 0 Å². The molecule has 0 fully saturated rings. The van der Waals surface area contributed by atoms with E-state index in [0.717, 1.165) is 11.3 Å². The Morgan fingerprint density at radius 3 is 2.26 bits per heavy atom. The number of ether oxygens (including phenoxy) is 3. The summed E-state index contributed by atoms with van der Waals surface area (Å²) in [5, 5.41) is 7.68. The van der Waals surface area contributed by atoms with Crippen molar-refractivity contribution in [1.29, 1.82) is 0 Å². The number of nitrogen functional groups attached to an aromatic ring is 1. The fourth-order valence-electron chi connectivity index (χ4n) is 3.99. The lowest BCUT2D eigenvalue weighted by Gasteiger charge is -2.11. The number of para-hydroxylation sites is 1. The largest absolute Gasteiger partial charge is 0.497 e. The molecule has 5 rings (SSSR count). The van der Waals surface area contributed by atoms with E-state index in [0.29, 0.717) is 45.6 Å². The normalized spacial score (nSPS) is 10.6. The number of aromatic nitrogens is 2. The Balaban J connectivity index is 1.47. The van der Waals surface area contributed by atoms with Crippen molar-refractivity contribution in [2.75, 3.05) is 25.3 Å². The molecule has 4 aromatic carbocycles. The smallest absolute Gasteiger partial charge is 0.259 e. The Hall–Kier alpha value is -5.24. The molecular weight excluding hydrogens is 480 g/mol. The van der Waals surface area contributed by atoms with Gasteiger partial charge in [0.25, 0.3) is 5.91 Å². The molecule has 0 aliphatic carbocycles. The summed E-state index contributed by atoms with van der Waals surface area (Å²) in [6, 6.07) is 29.3. The maximum absolute atomic E-state index is 13.6. The van der Waals surface area contributed by atoms with E-state index < -0.39 is 0 Å². The fraction of sp³-hybridized carbons (Fsp3) is 0.0667. The van der Waals surface area contributed by atoms with Crippen LogP contribution in [0.4, 0.5) is 11.4 Å². The number of amides is 1. The second-order valence-electron chi connectivity index (χ2n) is 8.43. The number of nitrogens with one attached hydrogen (secondary N) is 1. The summed E-state index contributed by atoms with van der Waals surface area (Å²) in [6.07, 6.45) is 1.71. The van der Waals surface area contributed by atoms with Gasteiger partial charge in [0.05, 0.1) is 25.5 Å². The first kappa shape index (κ1) is 24.5. The van der Waals surface area contributed by atoms with E-state index in [9.17, 15) is 4.79 Å². The minimum Gasteiger partial charge on any atom is -0.497 e. The summed E-state index contributed by atoms with van der Waals surface area (Å²) in [6.45, 7) is 0. The maximum Gasteiger partial charge on any atom is 0.259 e. The summed E-state index contributed by atoms with van der Waals surface area (Å²) < 4.78 is 18.3. The average Bonchev–Trinajstić information content (AvgIpc) is 3.39. The summed E-state index contributed by atoms with van der Waals surface area (Å²) in [5.74, 6) is 2.04. The van der Waals surface area contributed by atoms with E-state index in [1.807, 2.05) is 72.8 Å². The van der Waals surface area contributed by atoms with Crippen LogP contribution in [-0.2, 0) is 0 Å². The summed E-state index contributed by atoms with van der Waals surface area (Å²) in [4.78, 5) is 13.6. The molecule has 38 heavy (non-hydrogen) atoms. The molecule has 1 amide bonds. The van der Waals surface area contributed by atoms with Gasteiger partial charge in [-0.3, -0.25) is 4.79 Å². The summed E-state index contributed by atoms with van der Waals surface area (Å²) in [5.41, 5.74) is 9.53. The monoisotopic (exact) mass is 506 g/mol. The number of nitrogens with two attached hydrogens (primary N) is 1. The highest BCUT2D eigenvalue weighted by Crippen LogP contribution is 2.31. The Morgan fingerprint density at radius 2 is 1.50 bits per heavy atom. The zero-order chi connectivity index (χ0) is 26.5. The first-order valence-electron chi connectivity index (χ1n) is 11.9. The first-order valence-corrected chi connectivity index (χ1v) is 11.9. The Bertz CT molecular complexity index is 1580. The fourth-order valence-corrected chi connectivity index (χ4v) is 3.99. The van der Waals surface area contributed by atoms with E-state index in [4.69, 9.17) is 25.0 Å². The van der Waals surface area contributed by atoms with Gasteiger partial charge in [-0.25, -0.2) is 4.68 Å². The number of methoxy groups -OCH3 is 2. The lowest BCUT2D eigenvalue weighted by Crippen LogP contribution is -2.12. The molecule has 8 nitrogen and oxygen atoms in total. The number of benzene rings is 4. The van der Waals surface area contributed by atoms with Crippen LogP contribution >= 0.6 is 0 Å². The van der Waals surface area contributed by atoms with E-state index >= 15 is 0 Å². The topological polar surface area (TPSA) is 101 Å². The lowest BCUT2D eigenvalue weighted by molar-refractivity contribution is 0.102. The Labute approximate surface area is 220 Å². The third kappa shape index (κ3) is 5.44. The second kappa shape index (κ2) is 10.8. The number of hydrogen-bond acceptors (Lipinski definition) is 6. The molecule has 5 aromatic rings. The quantitative estimate of drug-likeness (QED) is 0.244. The van der Waals surface area contributed by atoms with Crippen LogP contribution in [0.15, 0.2) is 103 Å². The van der Waals surface area contributed by atoms with Crippen molar-refractivity contribution in [3.63, 3.8) is 0 Å². The van der Waals surface area contributed by atoms with E-state index in [-0.39, 0.29) is 5.91 Å². The van der Waals surface area contributed by atoms with Gasteiger partial charge in [0, 0.05) is 41.3 Å². The molecule has 0 aliphatic rings. The minimum atomic E-state index is -0.345. The van der Waals surface area contributed by atoms with Crippen molar-refractivity contribution in [3.05, 3.63) is 109 Å². The van der Waals surface area contributed by atoms with Crippen LogP contribution in [0, 0.1) is 0 Å². The molecular formula is C30H26N4O4. The third-order valence-electron chi connectivity index (χ3n) is 5.79. The molecule has 0 atom stereocenters. The summed E-state index contributed by atoms with van der Waals surface area (Å²) in [7, 11) is 3.19. The van der Waals surface area contributed by atoms with Crippen molar-refractivity contribution in [3.8, 4) is 39.9 Å². The van der Waals surface area contributed by atoms with Gasteiger partial charge in [0.1, 0.15) is 28.7 Å². The molecule has 0 aliphatic heterocycles. The van der Waals surface area contributed by atoms with Gasteiger partial charge in [-0.05, 0) is 42.5 Å². The molecule has 8 heteroatoms. The number of carbonyl (C=O) groups is 1. The number of hydrogen-bond donors (Lipinski definition) is 2. The van der Waals surface area contributed by atoms with Crippen molar-refractivity contribution >= 4 is 17.3 Å². The molecule has 3 N–H and O–H groups in total. The number of nitrogens with zero attached hydrogens (tertiary/aromatic N) is 2. The number of anilines is 2. The Morgan fingerprint density at radius 1 is 0.789 bits per heavy atom. The van der Waals surface area contributed by atoms with Crippen molar-refractivity contribution < 1.29 is 19.0 Å². The predicted molar refractivity (Wildman–Crippen MR) is 147 cm³/mol. The van der Waals surface area contributed by atoms with E-state index in [1.54, 1.807) is 49.4 Å². The molecule has 0 unspecified atom stereocenters. The van der Waals surface area contributed by atoms with Gasteiger partial charge in [-0.1, -0.05) is 36.4 Å². The van der Waals surface area contributed by atoms with Crippen LogP contribution in [0.3, 0.4) is 0 Å².